The van der Waals surface area contributed by atoms with Crippen molar-refractivity contribution in [1.82, 2.24) is 14.5 Å². The van der Waals surface area contributed by atoms with Crippen molar-refractivity contribution in [2.75, 3.05) is 13.6 Å². The number of fused-ring (bicyclic) bond motifs is 1. The van der Waals surface area contributed by atoms with E-state index in [1.807, 2.05) is 0 Å². The smallest absolute Gasteiger partial charge is 0.449 e. The fourth-order valence-electron chi connectivity index (χ4n) is 2.74. The van der Waals surface area contributed by atoms with Crippen LogP contribution in [0.25, 0.3) is 11.0 Å². The molecule has 0 saturated carbocycles. The molecule has 1 amide bonds. The molecule has 1 aromatic heterocycles. The van der Waals surface area contributed by atoms with E-state index in [-0.39, 0.29) is 24.0 Å². The van der Waals surface area contributed by atoms with Crippen molar-refractivity contribution >= 4 is 22.9 Å². The molecule has 1 heterocycles. The number of carboxylic acid groups (broad SMARTS) is 1. The van der Waals surface area contributed by atoms with Crippen molar-refractivity contribution in [3.63, 3.8) is 0 Å². The lowest BCUT2D eigenvalue weighted by molar-refractivity contribution is -0.147. The van der Waals surface area contributed by atoms with Crippen molar-refractivity contribution in [2.24, 2.45) is 0 Å². The predicted octanol–water partition coefficient (Wildman–Crippen LogP) is 3.57. The number of carbonyl (C=O) groups excluding carboxylic acids is 1. The van der Waals surface area contributed by atoms with Crippen LogP contribution in [0.4, 0.5) is 13.2 Å². The van der Waals surface area contributed by atoms with E-state index in [9.17, 15) is 22.8 Å². The van der Waals surface area contributed by atoms with E-state index in [1.165, 1.54) is 30.1 Å². The highest BCUT2D eigenvalue weighted by Gasteiger charge is 2.38. The molecule has 0 atom stereocenters. The van der Waals surface area contributed by atoms with E-state index in [4.69, 9.17) is 5.11 Å². The number of carbonyl (C=O) groups is 2. The van der Waals surface area contributed by atoms with E-state index in [0.29, 0.717) is 11.9 Å². The number of aliphatic carboxylic acids is 1. The van der Waals surface area contributed by atoms with Gasteiger partial charge in [0.05, 0.1) is 11.0 Å². The Bertz CT molecular complexity index is 828. The monoisotopic (exact) mass is 371 g/mol. The first kappa shape index (κ1) is 19.7. The minimum absolute atomic E-state index is 0.0651. The van der Waals surface area contributed by atoms with Crippen LogP contribution in [0.1, 0.15) is 48.9 Å². The molecule has 2 rings (SSSR count). The molecule has 9 heteroatoms. The van der Waals surface area contributed by atoms with Crippen LogP contribution in [0.3, 0.4) is 0 Å². The Balaban J connectivity index is 2.34. The van der Waals surface area contributed by atoms with E-state index in [2.05, 4.69) is 4.98 Å². The first-order valence-electron chi connectivity index (χ1n) is 8.08. The maximum Gasteiger partial charge on any atom is 0.449 e. The Kier molecular flexibility index (Phi) is 5.58. The molecule has 0 saturated heterocycles. The normalized spacial score (nSPS) is 12.0. The number of imidazole rings is 1. The molecule has 0 aliphatic rings. The Morgan fingerprint density at radius 1 is 1.31 bits per heavy atom. The minimum atomic E-state index is -4.60. The zero-order valence-electron chi connectivity index (χ0n) is 14.7. The maximum absolute atomic E-state index is 13.2. The molecule has 0 radical (unpaired) electrons. The minimum Gasteiger partial charge on any atom is -0.481 e. The van der Waals surface area contributed by atoms with E-state index >= 15 is 0 Å². The summed E-state index contributed by atoms with van der Waals surface area (Å²) in [5.74, 6) is -2.35. The second kappa shape index (κ2) is 7.35. The summed E-state index contributed by atoms with van der Waals surface area (Å²) in [6.07, 6.45) is -4.37. The van der Waals surface area contributed by atoms with Gasteiger partial charge < -0.3 is 14.6 Å². The van der Waals surface area contributed by atoms with E-state index < -0.39 is 29.9 Å². The van der Waals surface area contributed by atoms with Crippen molar-refractivity contribution in [3.8, 4) is 0 Å². The van der Waals surface area contributed by atoms with E-state index in [0.717, 1.165) is 4.57 Å². The average molecular weight is 371 g/mol. The molecule has 1 aromatic carbocycles. The number of benzene rings is 1. The third kappa shape index (κ3) is 4.14. The molecule has 0 aliphatic carbocycles. The predicted molar refractivity (Wildman–Crippen MR) is 89.0 cm³/mol. The van der Waals surface area contributed by atoms with Gasteiger partial charge in [0.1, 0.15) is 0 Å². The summed E-state index contributed by atoms with van der Waals surface area (Å²) in [5.41, 5.74) is 0.602. The van der Waals surface area contributed by atoms with Crippen LogP contribution in [-0.4, -0.2) is 45.0 Å². The molecular weight excluding hydrogens is 351 g/mol. The number of aromatic nitrogens is 2. The lowest BCUT2D eigenvalue weighted by atomic mass is 10.1. The molecule has 26 heavy (non-hydrogen) atoms. The van der Waals surface area contributed by atoms with Gasteiger partial charge in [-0.25, -0.2) is 4.98 Å². The summed E-state index contributed by atoms with van der Waals surface area (Å²) in [6.45, 7) is 3.49. The standard InChI is InChI=1S/C17H20F3N3O3/c1-10(2)23-13-7-6-11(9-12(13)21-16(23)17(18,19)20)15(26)22(3)8-4-5-14(24)25/h6-7,9-10H,4-5,8H2,1-3H3,(H,24,25). The number of nitrogens with zero attached hydrogens (tertiary/aromatic N) is 3. The first-order valence-corrected chi connectivity index (χ1v) is 8.08. The number of carboxylic acids is 1. The van der Waals surface area contributed by atoms with Crippen LogP contribution < -0.4 is 0 Å². The van der Waals surface area contributed by atoms with Gasteiger partial charge in [0.2, 0.25) is 5.82 Å². The molecule has 6 nitrogen and oxygen atoms in total. The number of rotatable bonds is 6. The number of amides is 1. The highest BCUT2D eigenvalue weighted by atomic mass is 19.4. The highest BCUT2D eigenvalue weighted by molar-refractivity contribution is 5.97. The summed E-state index contributed by atoms with van der Waals surface area (Å²) in [7, 11) is 1.52. The summed E-state index contributed by atoms with van der Waals surface area (Å²) < 4.78 is 40.8. The number of hydrogen-bond acceptors (Lipinski definition) is 3. The van der Waals surface area contributed by atoms with Crippen molar-refractivity contribution in [3.05, 3.63) is 29.6 Å². The lowest BCUT2D eigenvalue weighted by Gasteiger charge is -2.17. The fourth-order valence-corrected chi connectivity index (χ4v) is 2.74. The highest BCUT2D eigenvalue weighted by Crippen LogP contribution is 2.34. The summed E-state index contributed by atoms with van der Waals surface area (Å²) >= 11 is 0. The second-order valence-electron chi connectivity index (χ2n) is 6.32. The Hall–Kier alpha value is -2.58. The summed E-state index contributed by atoms with van der Waals surface area (Å²) in [4.78, 5) is 28.0. The maximum atomic E-state index is 13.2. The van der Waals surface area contributed by atoms with Gasteiger partial charge in [0.15, 0.2) is 0 Å². The van der Waals surface area contributed by atoms with Crippen LogP contribution in [-0.2, 0) is 11.0 Å². The first-order chi connectivity index (χ1) is 12.0. The molecule has 0 bridgehead atoms. The largest absolute Gasteiger partial charge is 0.481 e. The lowest BCUT2D eigenvalue weighted by Crippen LogP contribution is -2.28. The summed E-state index contributed by atoms with van der Waals surface area (Å²) in [5, 5.41) is 8.63. The quantitative estimate of drug-likeness (QED) is 0.842. The molecule has 0 unspecified atom stereocenters. The SMILES string of the molecule is CC(C)n1c(C(F)(F)F)nc2cc(C(=O)N(C)CCCC(=O)O)ccc21. The third-order valence-corrected chi connectivity index (χ3v) is 3.94. The van der Waals surface area contributed by atoms with Crippen LogP contribution >= 0.6 is 0 Å². The third-order valence-electron chi connectivity index (χ3n) is 3.94. The Morgan fingerprint density at radius 3 is 2.50 bits per heavy atom. The van der Waals surface area contributed by atoms with Gasteiger partial charge in [0.25, 0.3) is 5.91 Å². The van der Waals surface area contributed by atoms with Gasteiger partial charge in [-0.3, -0.25) is 9.59 Å². The zero-order chi connectivity index (χ0) is 19.6. The van der Waals surface area contributed by atoms with Crippen LogP contribution in [0.5, 0.6) is 0 Å². The van der Waals surface area contributed by atoms with E-state index in [1.54, 1.807) is 13.8 Å². The molecule has 142 valence electrons. The number of halogens is 3. The van der Waals surface area contributed by atoms with Gasteiger partial charge in [-0.05, 0) is 38.5 Å². The van der Waals surface area contributed by atoms with Crippen molar-refractivity contribution in [1.29, 1.82) is 0 Å². The fraction of sp³-hybridized carbons (Fsp3) is 0.471. The number of alkyl halides is 3. The Labute approximate surface area is 148 Å². The molecule has 2 aromatic rings. The molecule has 1 N–H and O–H groups in total. The number of hydrogen-bond donors (Lipinski definition) is 1. The molecule has 0 spiro atoms. The van der Waals surface area contributed by atoms with Gasteiger partial charge in [0, 0.05) is 31.6 Å². The molecular formula is C17H20F3N3O3. The van der Waals surface area contributed by atoms with Crippen LogP contribution in [0.15, 0.2) is 18.2 Å². The van der Waals surface area contributed by atoms with Gasteiger partial charge in [-0.1, -0.05) is 0 Å². The average Bonchev–Trinajstić information content (AvgIpc) is 2.92. The Morgan fingerprint density at radius 2 is 1.96 bits per heavy atom. The van der Waals surface area contributed by atoms with Gasteiger partial charge >= 0.3 is 12.1 Å². The summed E-state index contributed by atoms with van der Waals surface area (Å²) in [6, 6.07) is 3.80. The van der Waals surface area contributed by atoms with Crippen molar-refractivity contribution < 1.29 is 27.9 Å². The van der Waals surface area contributed by atoms with Crippen molar-refractivity contribution in [2.45, 2.75) is 38.9 Å². The van der Waals surface area contributed by atoms with Crippen LogP contribution in [0, 0.1) is 0 Å². The van der Waals surface area contributed by atoms with Gasteiger partial charge in [-0.2, -0.15) is 13.2 Å². The van der Waals surface area contributed by atoms with Crippen LogP contribution in [0.2, 0.25) is 0 Å². The zero-order valence-corrected chi connectivity index (χ0v) is 14.7. The molecule has 0 aliphatic heterocycles. The second-order valence-corrected chi connectivity index (χ2v) is 6.32. The van der Waals surface area contributed by atoms with Gasteiger partial charge in [-0.15, -0.1) is 0 Å². The molecule has 0 fully saturated rings. The topological polar surface area (TPSA) is 75.4 Å².